The summed E-state index contributed by atoms with van der Waals surface area (Å²) in [5.74, 6) is 0.0418. The zero-order chi connectivity index (χ0) is 12.4. The van der Waals surface area contributed by atoms with E-state index in [0.29, 0.717) is 17.1 Å². The lowest BCUT2D eigenvalue weighted by Gasteiger charge is -2.31. The lowest BCUT2D eigenvalue weighted by atomic mass is 10.0. The van der Waals surface area contributed by atoms with Gasteiger partial charge in [-0.1, -0.05) is 17.7 Å². The van der Waals surface area contributed by atoms with Gasteiger partial charge in [-0.05, 0) is 37.5 Å². The van der Waals surface area contributed by atoms with Crippen LogP contribution in [0.3, 0.4) is 0 Å². The van der Waals surface area contributed by atoms with Gasteiger partial charge in [0.1, 0.15) is 0 Å². The van der Waals surface area contributed by atoms with E-state index in [1.807, 2.05) is 24.0 Å². The van der Waals surface area contributed by atoms with Gasteiger partial charge in [-0.2, -0.15) is 0 Å². The van der Waals surface area contributed by atoms with Crippen LogP contribution >= 0.6 is 11.6 Å². The highest BCUT2D eigenvalue weighted by atomic mass is 35.5. The second-order valence-corrected chi connectivity index (χ2v) is 4.97. The Balaban J connectivity index is 2.22. The van der Waals surface area contributed by atoms with Gasteiger partial charge in [-0.3, -0.25) is 4.79 Å². The zero-order valence-corrected chi connectivity index (χ0v) is 10.7. The Bertz CT molecular complexity index is 433. The van der Waals surface area contributed by atoms with Crippen LogP contribution in [0, 0.1) is 6.92 Å². The molecular weight excluding hydrogens is 236 g/mol. The lowest BCUT2D eigenvalue weighted by Crippen LogP contribution is -2.45. The molecule has 4 heteroatoms. The Morgan fingerprint density at radius 3 is 3.00 bits per heavy atom. The van der Waals surface area contributed by atoms with Crippen molar-refractivity contribution in [1.82, 2.24) is 4.90 Å². The SMILES string of the molecule is Cc1c(Cl)cccc1C(=O)N1CCCC(N)C1. The fourth-order valence-corrected chi connectivity index (χ4v) is 2.38. The molecule has 1 aliphatic heterocycles. The first kappa shape index (κ1) is 12.4. The van der Waals surface area contributed by atoms with Crippen molar-refractivity contribution in [3.8, 4) is 0 Å². The average molecular weight is 253 g/mol. The Morgan fingerprint density at radius 1 is 1.53 bits per heavy atom. The van der Waals surface area contributed by atoms with E-state index in [-0.39, 0.29) is 11.9 Å². The highest BCUT2D eigenvalue weighted by Gasteiger charge is 2.23. The molecule has 1 saturated heterocycles. The van der Waals surface area contributed by atoms with Gasteiger partial charge in [0.2, 0.25) is 0 Å². The molecule has 1 amide bonds. The number of rotatable bonds is 1. The van der Waals surface area contributed by atoms with Crippen molar-refractivity contribution in [1.29, 1.82) is 0 Å². The number of likely N-dealkylation sites (tertiary alicyclic amines) is 1. The van der Waals surface area contributed by atoms with Crippen LogP contribution in [-0.2, 0) is 0 Å². The molecule has 0 radical (unpaired) electrons. The maximum atomic E-state index is 12.3. The average Bonchev–Trinajstić information content (AvgIpc) is 2.32. The molecule has 1 fully saturated rings. The number of nitrogens with zero attached hydrogens (tertiary/aromatic N) is 1. The van der Waals surface area contributed by atoms with Crippen molar-refractivity contribution >= 4 is 17.5 Å². The van der Waals surface area contributed by atoms with Gasteiger partial charge < -0.3 is 10.6 Å². The van der Waals surface area contributed by atoms with Crippen molar-refractivity contribution in [2.24, 2.45) is 5.73 Å². The Labute approximate surface area is 107 Å². The van der Waals surface area contributed by atoms with Crippen LogP contribution in [0.15, 0.2) is 18.2 Å². The standard InChI is InChI=1S/C13H17ClN2O/c1-9-11(5-2-6-12(9)14)13(17)16-7-3-4-10(15)8-16/h2,5-6,10H,3-4,7-8,15H2,1H3. The minimum Gasteiger partial charge on any atom is -0.337 e. The molecule has 1 atom stereocenters. The van der Waals surface area contributed by atoms with E-state index in [0.717, 1.165) is 24.9 Å². The van der Waals surface area contributed by atoms with Crippen molar-refractivity contribution in [2.45, 2.75) is 25.8 Å². The Morgan fingerprint density at radius 2 is 2.29 bits per heavy atom. The third-order valence-electron chi connectivity index (χ3n) is 3.24. The van der Waals surface area contributed by atoms with Crippen molar-refractivity contribution in [3.05, 3.63) is 34.3 Å². The van der Waals surface area contributed by atoms with E-state index in [1.54, 1.807) is 6.07 Å². The summed E-state index contributed by atoms with van der Waals surface area (Å²) in [5, 5.41) is 0.636. The van der Waals surface area contributed by atoms with Crippen LogP contribution in [0.4, 0.5) is 0 Å². The first-order valence-corrected chi connectivity index (χ1v) is 6.27. The monoisotopic (exact) mass is 252 g/mol. The van der Waals surface area contributed by atoms with Crippen LogP contribution in [0.2, 0.25) is 5.02 Å². The van der Waals surface area contributed by atoms with Crippen LogP contribution in [0.5, 0.6) is 0 Å². The van der Waals surface area contributed by atoms with Gasteiger partial charge >= 0.3 is 0 Å². The number of hydrogen-bond donors (Lipinski definition) is 1. The molecule has 17 heavy (non-hydrogen) atoms. The van der Waals surface area contributed by atoms with Crippen LogP contribution in [0.25, 0.3) is 0 Å². The molecule has 2 rings (SSSR count). The van der Waals surface area contributed by atoms with Gasteiger partial charge in [0.25, 0.3) is 5.91 Å². The summed E-state index contributed by atoms with van der Waals surface area (Å²) in [7, 11) is 0. The van der Waals surface area contributed by atoms with E-state index in [4.69, 9.17) is 17.3 Å². The molecule has 0 aromatic heterocycles. The van der Waals surface area contributed by atoms with Crippen LogP contribution in [-0.4, -0.2) is 29.9 Å². The first-order chi connectivity index (χ1) is 8.09. The van der Waals surface area contributed by atoms with Gasteiger partial charge in [0.05, 0.1) is 0 Å². The second kappa shape index (κ2) is 5.07. The van der Waals surface area contributed by atoms with Gasteiger partial charge in [0.15, 0.2) is 0 Å². The van der Waals surface area contributed by atoms with E-state index in [9.17, 15) is 4.79 Å². The fraction of sp³-hybridized carbons (Fsp3) is 0.462. The maximum absolute atomic E-state index is 12.3. The maximum Gasteiger partial charge on any atom is 0.254 e. The van der Waals surface area contributed by atoms with Crippen LogP contribution in [0.1, 0.15) is 28.8 Å². The number of amides is 1. The van der Waals surface area contributed by atoms with Crippen molar-refractivity contribution in [3.63, 3.8) is 0 Å². The number of carbonyl (C=O) groups excluding carboxylic acids is 1. The number of nitrogens with two attached hydrogens (primary N) is 1. The Kier molecular flexibility index (Phi) is 3.69. The predicted molar refractivity (Wildman–Crippen MR) is 69.3 cm³/mol. The van der Waals surface area contributed by atoms with E-state index in [1.165, 1.54) is 0 Å². The molecule has 3 nitrogen and oxygen atoms in total. The summed E-state index contributed by atoms with van der Waals surface area (Å²) in [6.07, 6.45) is 1.98. The zero-order valence-electron chi connectivity index (χ0n) is 9.95. The third kappa shape index (κ3) is 2.61. The smallest absolute Gasteiger partial charge is 0.254 e. The van der Waals surface area contributed by atoms with Gasteiger partial charge in [0, 0.05) is 29.7 Å². The van der Waals surface area contributed by atoms with Gasteiger partial charge in [-0.15, -0.1) is 0 Å². The number of halogens is 1. The summed E-state index contributed by atoms with van der Waals surface area (Å²) >= 11 is 6.03. The van der Waals surface area contributed by atoms with E-state index in [2.05, 4.69) is 0 Å². The molecule has 0 aliphatic carbocycles. The van der Waals surface area contributed by atoms with Crippen LogP contribution < -0.4 is 5.73 Å². The molecule has 1 aromatic carbocycles. The molecule has 1 aliphatic rings. The summed E-state index contributed by atoms with van der Waals surface area (Å²) < 4.78 is 0. The molecule has 2 N–H and O–H groups in total. The van der Waals surface area contributed by atoms with E-state index < -0.39 is 0 Å². The summed E-state index contributed by atoms with van der Waals surface area (Å²) in [6, 6.07) is 5.54. The summed E-state index contributed by atoms with van der Waals surface area (Å²) in [5.41, 5.74) is 7.42. The summed E-state index contributed by atoms with van der Waals surface area (Å²) in [4.78, 5) is 14.2. The number of hydrogen-bond acceptors (Lipinski definition) is 2. The molecule has 92 valence electrons. The molecular formula is C13H17ClN2O. The largest absolute Gasteiger partial charge is 0.337 e. The molecule has 0 spiro atoms. The molecule has 1 aromatic rings. The third-order valence-corrected chi connectivity index (χ3v) is 3.65. The quantitative estimate of drug-likeness (QED) is 0.833. The fourth-order valence-electron chi connectivity index (χ4n) is 2.20. The lowest BCUT2D eigenvalue weighted by molar-refractivity contribution is 0.0708. The predicted octanol–water partition coefficient (Wildman–Crippen LogP) is 2.21. The molecule has 0 bridgehead atoms. The molecule has 1 heterocycles. The number of carbonyl (C=O) groups is 1. The highest BCUT2D eigenvalue weighted by molar-refractivity contribution is 6.31. The summed E-state index contributed by atoms with van der Waals surface area (Å²) in [6.45, 7) is 3.31. The topological polar surface area (TPSA) is 46.3 Å². The van der Waals surface area contributed by atoms with E-state index >= 15 is 0 Å². The molecule has 0 saturated carbocycles. The Hall–Kier alpha value is -1.06. The second-order valence-electron chi connectivity index (χ2n) is 4.57. The normalized spacial score (nSPS) is 20.4. The first-order valence-electron chi connectivity index (χ1n) is 5.89. The minimum atomic E-state index is 0.0418. The number of benzene rings is 1. The molecule has 1 unspecified atom stereocenters. The van der Waals surface area contributed by atoms with Gasteiger partial charge in [-0.25, -0.2) is 0 Å². The number of piperidine rings is 1. The minimum absolute atomic E-state index is 0.0418. The highest BCUT2D eigenvalue weighted by Crippen LogP contribution is 2.21. The van der Waals surface area contributed by atoms with Crippen molar-refractivity contribution in [2.75, 3.05) is 13.1 Å². The van der Waals surface area contributed by atoms with Crippen molar-refractivity contribution < 1.29 is 4.79 Å².